The fourth-order valence-electron chi connectivity index (χ4n) is 3.22. The van der Waals surface area contributed by atoms with Gasteiger partial charge in [-0.2, -0.15) is 4.98 Å². The predicted octanol–water partition coefficient (Wildman–Crippen LogP) is -0.961. The highest BCUT2D eigenvalue weighted by atomic mass is 16.6. The van der Waals surface area contributed by atoms with E-state index in [2.05, 4.69) is 20.3 Å². The molecular formula is C18H27N5O7. The Morgan fingerprint density at radius 1 is 1.47 bits per heavy atom. The topological polar surface area (TPSA) is 161 Å². The predicted molar refractivity (Wildman–Crippen MR) is 105 cm³/mol. The fraction of sp³-hybridized carbons (Fsp3) is 0.667. The molecule has 0 radical (unpaired) electrons. The molecular weight excluding hydrogens is 398 g/mol. The first kappa shape index (κ1) is 22.3. The first-order chi connectivity index (χ1) is 14.4. The van der Waals surface area contributed by atoms with Crippen LogP contribution >= 0.6 is 0 Å². The highest BCUT2D eigenvalue weighted by Crippen LogP contribution is 2.29. The van der Waals surface area contributed by atoms with Crippen molar-refractivity contribution in [2.75, 3.05) is 38.9 Å². The number of H-pyrrole nitrogens is 1. The number of aliphatic hydroxyl groups excluding tert-OH is 2. The van der Waals surface area contributed by atoms with Crippen LogP contribution in [0, 0.1) is 5.92 Å². The number of amides is 1. The average Bonchev–Trinajstić information content (AvgIpc) is 3.13. The number of nitrogens with zero attached hydrogens (tertiary/aromatic N) is 3. The van der Waals surface area contributed by atoms with Crippen molar-refractivity contribution in [2.24, 2.45) is 5.92 Å². The zero-order chi connectivity index (χ0) is 21.8. The largest absolute Gasteiger partial charge is 0.394 e. The molecule has 4 atom stereocenters. The Bertz CT molecular complexity index is 927. The molecule has 1 amide bonds. The minimum atomic E-state index is -1.12. The molecule has 1 fully saturated rings. The van der Waals surface area contributed by atoms with Crippen molar-refractivity contribution >= 4 is 23.0 Å². The van der Waals surface area contributed by atoms with Crippen molar-refractivity contribution in [1.29, 1.82) is 0 Å². The number of hydrogen-bond donors (Lipinski definition) is 4. The lowest BCUT2D eigenvalue weighted by atomic mass is 9.98. The van der Waals surface area contributed by atoms with Gasteiger partial charge in [-0.25, -0.2) is 4.98 Å². The summed E-state index contributed by atoms with van der Waals surface area (Å²) in [4.78, 5) is 35.4. The molecule has 166 valence electrons. The van der Waals surface area contributed by atoms with Crippen molar-refractivity contribution < 1.29 is 29.2 Å². The summed E-state index contributed by atoms with van der Waals surface area (Å²) in [5.74, 6) is -0.603. The van der Waals surface area contributed by atoms with Crippen LogP contribution in [-0.2, 0) is 19.0 Å². The Hall–Kier alpha value is -2.38. The van der Waals surface area contributed by atoms with Crippen molar-refractivity contribution in [3.05, 3.63) is 16.7 Å². The Labute approximate surface area is 172 Å². The summed E-state index contributed by atoms with van der Waals surface area (Å²) in [7, 11) is 1.53. The van der Waals surface area contributed by atoms with Gasteiger partial charge in [-0.3, -0.25) is 19.9 Å². The number of hydrogen-bond acceptors (Lipinski definition) is 9. The van der Waals surface area contributed by atoms with Gasteiger partial charge >= 0.3 is 0 Å². The lowest BCUT2D eigenvalue weighted by Gasteiger charge is -2.40. The first-order valence-electron chi connectivity index (χ1n) is 9.66. The second-order valence-electron chi connectivity index (χ2n) is 7.32. The number of nitrogens with one attached hydrogen (secondary N) is 2. The number of aliphatic hydroxyl groups is 2. The normalized spacial score (nSPS) is 24.5. The van der Waals surface area contributed by atoms with Crippen LogP contribution in [0.5, 0.6) is 0 Å². The van der Waals surface area contributed by atoms with E-state index in [1.54, 1.807) is 18.4 Å². The van der Waals surface area contributed by atoms with Crippen molar-refractivity contribution in [3.8, 4) is 0 Å². The lowest BCUT2D eigenvalue weighted by molar-refractivity contribution is -0.188. The van der Waals surface area contributed by atoms with Crippen molar-refractivity contribution in [2.45, 2.75) is 38.2 Å². The summed E-state index contributed by atoms with van der Waals surface area (Å²) in [6, 6.07) is -0.576. The third-order valence-electron chi connectivity index (χ3n) is 4.91. The summed E-state index contributed by atoms with van der Waals surface area (Å²) >= 11 is 0. The summed E-state index contributed by atoms with van der Waals surface area (Å²) < 4.78 is 18.0. The van der Waals surface area contributed by atoms with E-state index in [0.717, 1.165) is 0 Å². The summed E-state index contributed by atoms with van der Waals surface area (Å²) in [5.41, 5.74) is -0.228. The number of carbonyl (C=O) groups excluding carboxylic acids is 1. The fourth-order valence-corrected chi connectivity index (χ4v) is 3.22. The Balaban J connectivity index is 1.97. The van der Waals surface area contributed by atoms with E-state index in [1.807, 2.05) is 0 Å². The van der Waals surface area contributed by atoms with Crippen LogP contribution in [0.25, 0.3) is 11.2 Å². The Kier molecular flexibility index (Phi) is 7.15. The third kappa shape index (κ3) is 4.52. The number of aromatic amines is 1. The van der Waals surface area contributed by atoms with Crippen LogP contribution in [-0.4, -0.2) is 87.5 Å². The minimum Gasteiger partial charge on any atom is -0.394 e. The average molecular weight is 425 g/mol. The smallest absolute Gasteiger partial charge is 0.280 e. The molecule has 4 N–H and O–H groups in total. The second kappa shape index (κ2) is 9.62. The molecule has 2 aromatic heterocycles. The van der Waals surface area contributed by atoms with Crippen LogP contribution in [0.3, 0.4) is 0 Å². The molecule has 30 heavy (non-hydrogen) atoms. The van der Waals surface area contributed by atoms with E-state index < -0.39 is 29.9 Å². The second-order valence-corrected chi connectivity index (χ2v) is 7.32. The highest BCUT2D eigenvalue weighted by molar-refractivity contribution is 5.91. The van der Waals surface area contributed by atoms with Crippen LogP contribution < -0.4 is 10.9 Å². The van der Waals surface area contributed by atoms with Gasteiger partial charge in [-0.05, 0) is 0 Å². The summed E-state index contributed by atoms with van der Waals surface area (Å²) in [6.07, 6.45) is -1.28. The molecule has 0 aliphatic carbocycles. The molecule has 1 aliphatic rings. The molecule has 3 heterocycles. The molecule has 12 heteroatoms. The van der Waals surface area contributed by atoms with Crippen molar-refractivity contribution in [1.82, 2.24) is 19.5 Å². The number of fused-ring (bicyclic) bond motifs is 1. The maximum atomic E-state index is 12.4. The number of methoxy groups -OCH3 is 1. The van der Waals surface area contributed by atoms with Gasteiger partial charge in [0.1, 0.15) is 18.3 Å². The SMILES string of the molecule is COCCO[C@@H]1[C@H](O)[C@@H](CO)OC[C@H]1n1cnc2c(=O)[nH]c(NC(=O)C(C)C)nc21. The molecule has 2 aromatic rings. The quantitative estimate of drug-likeness (QED) is 0.390. The maximum absolute atomic E-state index is 12.4. The zero-order valence-electron chi connectivity index (χ0n) is 17.1. The van der Waals surface area contributed by atoms with E-state index in [0.29, 0.717) is 6.61 Å². The molecule has 3 rings (SSSR count). The molecule has 0 aromatic carbocycles. The number of rotatable bonds is 8. The lowest BCUT2D eigenvalue weighted by Crippen LogP contribution is -2.53. The summed E-state index contributed by atoms with van der Waals surface area (Å²) in [5, 5.41) is 22.7. The van der Waals surface area contributed by atoms with E-state index in [9.17, 15) is 19.8 Å². The van der Waals surface area contributed by atoms with E-state index >= 15 is 0 Å². The Morgan fingerprint density at radius 3 is 2.90 bits per heavy atom. The zero-order valence-corrected chi connectivity index (χ0v) is 17.1. The van der Waals surface area contributed by atoms with E-state index in [1.165, 1.54) is 13.4 Å². The standard InChI is InChI=1S/C18H27N5O7/c1-9(2)16(26)21-18-20-15-12(17(27)22-18)19-8-23(15)10-7-30-11(6-24)13(25)14(10)29-5-4-28-3/h8-11,13-14,24-25H,4-7H2,1-3H3,(H2,20,21,22,26,27)/t10-,11-,13-,14+/m1/s1. The third-order valence-corrected chi connectivity index (χ3v) is 4.91. The number of anilines is 1. The molecule has 0 saturated carbocycles. The number of aromatic nitrogens is 4. The molecule has 12 nitrogen and oxygen atoms in total. The van der Waals surface area contributed by atoms with Gasteiger partial charge in [-0.1, -0.05) is 13.8 Å². The molecule has 1 aliphatic heterocycles. The van der Waals surface area contributed by atoms with Gasteiger partial charge in [0.2, 0.25) is 11.9 Å². The number of imidazole rings is 1. The van der Waals surface area contributed by atoms with Gasteiger partial charge in [-0.15, -0.1) is 0 Å². The molecule has 1 saturated heterocycles. The van der Waals surface area contributed by atoms with Crippen LogP contribution in [0.2, 0.25) is 0 Å². The maximum Gasteiger partial charge on any atom is 0.280 e. The van der Waals surface area contributed by atoms with Crippen LogP contribution in [0.4, 0.5) is 5.95 Å². The van der Waals surface area contributed by atoms with Gasteiger partial charge in [0.05, 0.1) is 38.8 Å². The molecule has 0 bridgehead atoms. The monoisotopic (exact) mass is 425 g/mol. The van der Waals surface area contributed by atoms with Crippen molar-refractivity contribution in [3.63, 3.8) is 0 Å². The van der Waals surface area contributed by atoms with Gasteiger partial charge in [0, 0.05) is 13.0 Å². The highest BCUT2D eigenvalue weighted by Gasteiger charge is 2.41. The van der Waals surface area contributed by atoms with Gasteiger partial charge < -0.3 is 29.0 Å². The number of carbonyl (C=O) groups is 1. The summed E-state index contributed by atoms with van der Waals surface area (Å²) in [6.45, 7) is 3.68. The van der Waals surface area contributed by atoms with Gasteiger partial charge in [0.25, 0.3) is 5.56 Å². The molecule has 0 spiro atoms. The van der Waals surface area contributed by atoms with Gasteiger partial charge in [0.15, 0.2) is 11.2 Å². The number of ether oxygens (including phenoxy) is 3. The molecule has 0 unspecified atom stereocenters. The van der Waals surface area contributed by atoms with Crippen LogP contribution in [0.15, 0.2) is 11.1 Å². The van der Waals surface area contributed by atoms with Crippen LogP contribution in [0.1, 0.15) is 19.9 Å². The van der Waals surface area contributed by atoms with E-state index in [4.69, 9.17) is 14.2 Å². The Morgan fingerprint density at radius 2 is 2.23 bits per heavy atom. The first-order valence-corrected chi connectivity index (χ1v) is 9.66. The van der Waals surface area contributed by atoms with E-state index in [-0.39, 0.29) is 48.8 Å². The minimum absolute atomic E-state index is 0.00434.